The van der Waals surface area contributed by atoms with Gasteiger partial charge >= 0.3 is 5.97 Å². The topological polar surface area (TPSA) is 131 Å². The number of carbonyl (C=O) groups excluding carboxylic acids is 1. The van der Waals surface area contributed by atoms with Crippen LogP contribution in [0.4, 0.5) is 10.1 Å². The molecule has 1 aromatic rings. The summed E-state index contributed by atoms with van der Waals surface area (Å²) in [6.07, 6.45) is -2.62. The fraction of sp³-hybridized carbons (Fsp3) is 0.571. The number of carbonyl (C=O) groups is 1. The van der Waals surface area contributed by atoms with Gasteiger partial charge in [-0.25, -0.2) is 17.6 Å². The van der Waals surface area contributed by atoms with Crippen LogP contribution in [0.15, 0.2) is 29.8 Å². The van der Waals surface area contributed by atoms with E-state index in [0.29, 0.717) is 0 Å². The van der Waals surface area contributed by atoms with Gasteiger partial charge in [0.2, 0.25) is 10.0 Å². The Labute approximate surface area is 196 Å². The van der Waals surface area contributed by atoms with Gasteiger partial charge in [-0.3, -0.25) is 4.72 Å². The van der Waals surface area contributed by atoms with Crippen molar-refractivity contribution in [3.63, 3.8) is 0 Å². The van der Waals surface area contributed by atoms with Crippen molar-refractivity contribution in [1.82, 2.24) is 0 Å². The molecule has 5 atom stereocenters. The van der Waals surface area contributed by atoms with E-state index < -0.39 is 57.3 Å². The molecule has 3 N–H and O–H groups in total. The second-order valence-corrected chi connectivity index (χ2v) is 10.3. The summed E-state index contributed by atoms with van der Waals surface area (Å²) in [7, 11) is -4.23. The summed E-state index contributed by atoms with van der Waals surface area (Å²) >= 11 is 5.95. The number of ether oxygens (including phenoxy) is 3. The van der Waals surface area contributed by atoms with Crippen LogP contribution >= 0.6 is 11.6 Å². The van der Waals surface area contributed by atoms with Crippen molar-refractivity contribution in [1.29, 1.82) is 0 Å². The number of esters is 1. The van der Waals surface area contributed by atoms with Crippen LogP contribution in [0.1, 0.15) is 33.6 Å². The Hall–Kier alpha value is -1.76. The van der Waals surface area contributed by atoms with E-state index in [4.69, 9.17) is 25.8 Å². The minimum Gasteiger partial charge on any atom is -0.463 e. The van der Waals surface area contributed by atoms with Crippen LogP contribution < -0.4 is 4.72 Å². The van der Waals surface area contributed by atoms with Crippen molar-refractivity contribution in [3.05, 3.63) is 40.7 Å². The second-order valence-electron chi connectivity index (χ2n) is 8.08. The fourth-order valence-electron chi connectivity index (χ4n) is 3.97. The zero-order valence-corrected chi connectivity index (χ0v) is 19.9. The molecule has 33 heavy (non-hydrogen) atoms. The molecule has 184 valence electrons. The normalized spacial score (nSPS) is 29.4. The summed E-state index contributed by atoms with van der Waals surface area (Å²) in [4.78, 5) is 12.7. The van der Waals surface area contributed by atoms with E-state index in [0.717, 1.165) is 12.1 Å². The lowest BCUT2D eigenvalue weighted by Crippen LogP contribution is -2.43. The Kier molecular flexibility index (Phi) is 7.72. The molecule has 2 aliphatic rings. The molecule has 1 aromatic carbocycles. The summed E-state index contributed by atoms with van der Waals surface area (Å²) < 4.78 is 58.9. The lowest BCUT2D eigenvalue weighted by atomic mass is 9.94. The first-order valence-electron chi connectivity index (χ1n) is 10.5. The highest BCUT2D eigenvalue weighted by molar-refractivity contribution is 7.93. The fourth-order valence-corrected chi connectivity index (χ4v) is 5.79. The lowest BCUT2D eigenvalue weighted by molar-refractivity contribution is -0.160. The molecular weight excluding hydrogens is 481 g/mol. The van der Waals surface area contributed by atoms with Gasteiger partial charge in [0, 0.05) is 6.42 Å². The molecule has 1 unspecified atom stereocenters. The predicted molar refractivity (Wildman–Crippen MR) is 118 cm³/mol. The van der Waals surface area contributed by atoms with Crippen LogP contribution in [-0.2, 0) is 29.0 Å². The Morgan fingerprint density at radius 2 is 1.91 bits per heavy atom. The number of hydrogen-bond acceptors (Lipinski definition) is 8. The van der Waals surface area contributed by atoms with Gasteiger partial charge in [-0.1, -0.05) is 11.6 Å². The monoisotopic (exact) mass is 507 g/mol. The highest BCUT2D eigenvalue weighted by Crippen LogP contribution is 2.43. The number of aliphatic hydroxyl groups excluding tert-OH is 2. The van der Waals surface area contributed by atoms with E-state index in [9.17, 15) is 27.8 Å². The molecule has 1 saturated heterocycles. The Balaban J connectivity index is 1.98. The summed E-state index contributed by atoms with van der Waals surface area (Å²) in [6, 6.07) is 3.19. The molecule has 3 rings (SSSR count). The van der Waals surface area contributed by atoms with Crippen LogP contribution in [0.5, 0.6) is 0 Å². The Morgan fingerprint density at radius 1 is 1.30 bits per heavy atom. The quantitative estimate of drug-likeness (QED) is 0.478. The van der Waals surface area contributed by atoms with Crippen LogP contribution in [0.2, 0.25) is 5.02 Å². The van der Waals surface area contributed by atoms with Crippen molar-refractivity contribution in [3.8, 4) is 0 Å². The van der Waals surface area contributed by atoms with Gasteiger partial charge in [0.15, 0.2) is 5.79 Å². The van der Waals surface area contributed by atoms with Crippen LogP contribution in [0.25, 0.3) is 0 Å². The zero-order chi connectivity index (χ0) is 24.6. The minimum atomic E-state index is -4.23. The molecule has 9 nitrogen and oxygen atoms in total. The second kappa shape index (κ2) is 9.85. The van der Waals surface area contributed by atoms with Crippen molar-refractivity contribution in [2.45, 2.75) is 69.1 Å². The van der Waals surface area contributed by atoms with Gasteiger partial charge in [-0.15, -0.1) is 0 Å². The van der Waals surface area contributed by atoms with E-state index in [-0.39, 0.29) is 35.7 Å². The number of hydrogen-bond donors (Lipinski definition) is 3. The van der Waals surface area contributed by atoms with Crippen LogP contribution in [0.3, 0.4) is 0 Å². The number of benzene rings is 1. The first-order chi connectivity index (χ1) is 15.4. The maximum atomic E-state index is 13.3. The number of anilines is 1. The first kappa shape index (κ1) is 25.9. The number of nitrogens with one attached hydrogen (secondary N) is 1. The van der Waals surface area contributed by atoms with Crippen molar-refractivity contribution < 1.29 is 42.0 Å². The third-order valence-corrected chi connectivity index (χ3v) is 7.55. The molecule has 1 heterocycles. The molecule has 1 fully saturated rings. The van der Waals surface area contributed by atoms with Gasteiger partial charge in [-0.2, -0.15) is 0 Å². The predicted octanol–water partition coefficient (Wildman–Crippen LogP) is 2.11. The lowest BCUT2D eigenvalue weighted by Gasteiger charge is -2.34. The zero-order valence-electron chi connectivity index (χ0n) is 18.3. The smallest absolute Gasteiger partial charge is 0.335 e. The van der Waals surface area contributed by atoms with Gasteiger partial charge in [-0.05, 0) is 51.5 Å². The maximum absolute atomic E-state index is 13.3. The average molecular weight is 508 g/mol. The third-order valence-electron chi connectivity index (χ3n) is 5.49. The number of aliphatic hydroxyl groups is 2. The summed E-state index contributed by atoms with van der Waals surface area (Å²) in [6.45, 7) is 4.53. The van der Waals surface area contributed by atoms with Crippen LogP contribution in [-0.4, -0.2) is 66.7 Å². The molecule has 1 aliphatic carbocycles. The van der Waals surface area contributed by atoms with E-state index in [1.54, 1.807) is 6.92 Å². The largest absolute Gasteiger partial charge is 0.463 e. The molecule has 1 spiro atoms. The molecule has 0 saturated carbocycles. The SMILES string of the molecule is CCOC(=O)C1=CC2(CCC1S(=O)(=O)Nc1ccc(F)cc1Cl)O[C@H]([C@@H](C)O)[C@@H]([C@@H](C)O)O2. The summed E-state index contributed by atoms with van der Waals surface area (Å²) in [5.41, 5.74) is -0.261. The standard InChI is InChI=1S/C21H27ClFNO8S/c1-4-30-20(27)14-10-21(31-18(11(2)25)19(32-21)12(3)26)8-7-17(14)33(28,29)24-16-6-5-13(23)9-15(16)22/h5-6,9-12,17-19,24-26H,4,7-8H2,1-3H3/t11-,12-,17?,18-,19-/m1/s1. The van der Waals surface area contributed by atoms with Crippen molar-refractivity contribution in [2.24, 2.45) is 0 Å². The van der Waals surface area contributed by atoms with Crippen LogP contribution in [0, 0.1) is 5.82 Å². The van der Waals surface area contributed by atoms with E-state index in [2.05, 4.69) is 4.72 Å². The summed E-state index contributed by atoms with van der Waals surface area (Å²) in [5.74, 6) is -3.03. The van der Waals surface area contributed by atoms with E-state index >= 15 is 0 Å². The van der Waals surface area contributed by atoms with Gasteiger partial charge in [0.05, 0.1) is 35.1 Å². The Morgan fingerprint density at radius 3 is 2.42 bits per heavy atom. The van der Waals surface area contributed by atoms with E-state index in [1.165, 1.54) is 26.0 Å². The highest BCUT2D eigenvalue weighted by atomic mass is 35.5. The highest BCUT2D eigenvalue weighted by Gasteiger charge is 2.53. The molecule has 0 radical (unpaired) electrons. The molecule has 1 aliphatic heterocycles. The summed E-state index contributed by atoms with van der Waals surface area (Å²) in [5, 5.41) is 18.6. The van der Waals surface area contributed by atoms with Crippen molar-refractivity contribution >= 4 is 33.3 Å². The average Bonchev–Trinajstić information content (AvgIpc) is 3.10. The van der Waals surface area contributed by atoms with Gasteiger partial charge in [0.25, 0.3) is 0 Å². The van der Waals surface area contributed by atoms with Gasteiger partial charge in [0.1, 0.15) is 23.3 Å². The number of sulfonamides is 1. The van der Waals surface area contributed by atoms with Crippen molar-refractivity contribution in [2.75, 3.05) is 11.3 Å². The molecule has 0 aromatic heterocycles. The molecule has 12 heteroatoms. The maximum Gasteiger partial charge on any atom is 0.335 e. The Bertz CT molecular complexity index is 1010. The molecule has 0 amide bonds. The number of rotatable bonds is 7. The van der Waals surface area contributed by atoms with E-state index in [1.807, 2.05) is 0 Å². The molecule has 0 bridgehead atoms. The first-order valence-corrected chi connectivity index (χ1v) is 12.4. The number of halogens is 2. The molecular formula is C21H27ClFNO8S. The minimum absolute atomic E-state index is 0.00146. The van der Waals surface area contributed by atoms with Gasteiger partial charge < -0.3 is 24.4 Å². The third kappa shape index (κ3) is 5.50.